The van der Waals surface area contributed by atoms with Crippen molar-refractivity contribution in [1.82, 2.24) is 15.5 Å². The maximum atomic E-state index is 10.2. The zero-order chi connectivity index (χ0) is 19.8. The van der Waals surface area contributed by atoms with Gasteiger partial charge in [0, 0.05) is 36.7 Å². The van der Waals surface area contributed by atoms with Crippen molar-refractivity contribution >= 4 is 21.9 Å². The van der Waals surface area contributed by atoms with Crippen molar-refractivity contribution < 1.29 is 9.52 Å². The molecule has 2 heterocycles. The molecule has 0 aliphatic carbocycles. The second-order valence-corrected chi connectivity index (χ2v) is 7.99. The summed E-state index contributed by atoms with van der Waals surface area (Å²) in [5.41, 5.74) is 1.34. The summed E-state index contributed by atoms with van der Waals surface area (Å²) >= 11 is 3.49. The van der Waals surface area contributed by atoms with Crippen molar-refractivity contribution in [2.75, 3.05) is 26.2 Å². The summed E-state index contributed by atoms with van der Waals surface area (Å²) in [6, 6.07) is 12.5. The first-order valence-electron chi connectivity index (χ1n) is 9.87. The van der Waals surface area contributed by atoms with E-state index in [-0.39, 0.29) is 6.54 Å². The van der Waals surface area contributed by atoms with Crippen molar-refractivity contribution in [2.24, 2.45) is 4.99 Å². The lowest BCUT2D eigenvalue weighted by molar-refractivity contribution is 0.158. The largest absolute Gasteiger partial charge is 0.467 e. The van der Waals surface area contributed by atoms with Crippen LogP contribution >= 0.6 is 15.9 Å². The number of hydrogen-bond donors (Lipinski definition) is 3. The second-order valence-electron chi connectivity index (χ2n) is 7.07. The van der Waals surface area contributed by atoms with Gasteiger partial charge in [0.15, 0.2) is 5.96 Å². The summed E-state index contributed by atoms with van der Waals surface area (Å²) in [5.74, 6) is 1.29. The summed E-state index contributed by atoms with van der Waals surface area (Å²) in [6.45, 7) is 6.20. The van der Waals surface area contributed by atoms with E-state index in [1.165, 1.54) is 5.56 Å². The quantitative estimate of drug-likeness (QED) is 0.447. The van der Waals surface area contributed by atoms with Gasteiger partial charge in [-0.3, -0.25) is 9.89 Å². The van der Waals surface area contributed by atoms with Gasteiger partial charge in [-0.1, -0.05) is 28.1 Å². The fraction of sp³-hybridized carbons (Fsp3) is 0.476. The van der Waals surface area contributed by atoms with Crippen LogP contribution in [0.4, 0.5) is 0 Å². The smallest absolute Gasteiger partial charge is 0.191 e. The average Bonchev–Trinajstić information content (AvgIpc) is 3.24. The highest BCUT2D eigenvalue weighted by molar-refractivity contribution is 9.10. The number of aliphatic imine (C=N–C) groups is 1. The molecule has 7 heteroatoms. The Balaban J connectivity index is 1.46. The summed E-state index contributed by atoms with van der Waals surface area (Å²) in [4.78, 5) is 7.02. The minimum atomic E-state index is -0.724. The van der Waals surface area contributed by atoms with E-state index >= 15 is 0 Å². The molecule has 1 fully saturated rings. The normalized spacial score (nSPS) is 17.5. The molecule has 152 valence electrons. The molecule has 1 unspecified atom stereocenters. The van der Waals surface area contributed by atoms with Gasteiger partial charge in [0.1, 0.15) is 11.9 Å². The predicted octanol–water partition coefficient (Wildman–Crippen LogP) is 3.30. The van der Waals surface area contributed by atoms with Gasteiger partial charge in [-0.2, -0.15) is 0 Å². The number of furan rings is 1. The van der Waals surface area contributed by atoms with Crippen molar-refractivity contribution in [3.63, 3.8) is 0 Å². The number of aliphatic hydroxyl groups is 1. The molecule has 3 N–H and O–H groups in total. The maximum Gasteiger partial charge on any atom is 0.191 e. The molecule has 2 aromatic rings. The van der Waals surface area contributed by atoms with Gasteiger partial charge in [-0.05, 0) is 49.6 Å². The molecule has 1 aromatic carbocycles. The zero-order valence-electron chi connectivity index (χ0n) is 16.3. The molecule has 0 amide bonds. The van der Waals surface area contributed by atoms with Gasteiger partial charge < -0.3 is 20.2 Å². The Hall–Kier alpha value is -1.83. The number of piperidine rings is 1. The molecule has 28 heavy (non-hydrogen) atoms. The number of likely N-dealkylation sites (tertiary alicyclic amines) is 1. The first-order valence-corrected chi connectivity index (χ1v) is 10.7. The number of halogens is 1. The fourth-order valence-corrected chi connectivity index (χ4v) is 3.61. The van der Waals surface area contributed by atoms with E-state index in [2.05, 4.69) is 60.7 Å². The number of rotatable bonds is 7. The van der Waals surface area contributed by atoms with Crippen LogP contribution < -0.4 is 10.6 Å². The number of nitrogens with zero attached hydrogens (tertiary/aromatic N) is 2. The Labute approximate surface area is 175 Å². The Kier molecular flexibility index (Phi) is 7.94. The van der Waals surface area contributed by atoms with E-state index in [4.69, 9.17) is 4.42 Å². The third-order valence-corrected chi connectivity index (χ3v) is 5.41. The van der Waals surface area contributed by atoms with E-state index in [0.29, 0.717) is 11.8 Å². The monoisotopic (exact) mass is 448 g/mol. The molecule has 0 radical (unpaired) electrons. The van der Waals surface area contributed by atoms with E-state index in [1.807, 2.05) is 6.92 Å². The Morgan fingerprint density at radius 3 is 2.68 bits per heavy atom. The molecule has 1 saturated heterocycles. The first-order chi connectivity index (χ1) is 13.6. The number of nitrogens with one attached hydrogen (secondary N) is 2. The minimum absolute atomic E-state index is 0.269. The van der Waals surface area contributed by atoms with Crippen molar-refractivity contribution in [1.29, 1.82) is 0 Å². The van der Waals surface area contributed by atoms with E-state index in [1.54, 1.807) is 18.4 Å². The molecule has 0 spiro atoms. The average molecular weight is 449 g/mol. The van der Waals surface area contributed by atoms with Gasteiger partial charge in [-0.25, -0.2) is 0 Å². The lowest BCUT2D eigenvalue weighted by Gasteiger charge is -2.33. The van der Waals surface area contributed by atoms with Crippen LogP contribution in [0.25, 0.3) is 0 Å². The SMILES string of the molecule is CCNC(=NCC(O)c1ccco1)NC1CCN(Cc2ccc(Br)cc2)CC1. The van der Waals surface area contributed by atoms with Crippen LogP contribution in [-0.4, -0.2) is 48.2 Å². The van der Waals surface area contributed by atoms with Gasteiger partial charge >= 0.3 is 0 Å². The predicted molar refractivity (Wildman–Crippen MR) is 115 cm³/mol. The van der Waals surface area contributed by atoms with Gasteiger partial charge in [0.05, 0.1) is 12.8 Å². The Bertz CT molecular complexity index is 725. The second kappa shape index (κ2) is 10.6. The number of benzene rings is 1. The third kappa shape index (κ3) is 6.36. The molecule has 1 aliphatic heterocycles. The Morgan fingerprint density at radius 2 is 2.04 bits per heavy atom. The molecule has 0 bridgehead atoms. The maximum absolute atomic E-state index is 10.2. The molecule has 0 saturated carbocycles. The van der Waals surface area contributed by atoms with Gasteiger partial charge in [0.2, 0.25) is 0 Å². The van der Waals surface area contributed by atoms with Crippen LogP contribution in [-0.2, 0) is 6.54 Å². The highest BCUT2D eigenvalue weighted by Crippen LogP contribution is 2.17. The Morgan fingerprint density at radius 1 is 1.29 bits per heavy atom. The lowest BCUT2D eigenvalue weighted by atomic mass is 10.0. The molecular formula is C21H29BrN4O2. The van der Waals surface area contributed by atoms with Crippen molar-refractivity contribution in [3.05, 3.63) is 58.5 Å². The summed E-state index contributed by atoms with van der Waals surface area (Å²) < 4.78 is 6.35. The molecule has 6 nitrogen and oxygen atoms in total. The van der Waals surface area contributed by atoms with Crippen LogP contribution in [0.2, 0.25) is 0 Å². The summed E-state index contributed by atoms with van der Waals surface area (Å²) in [7, 11) is 0. The highest BCUT2D eigenvalue weighted by Gasteiger charge is 2.20. The molecule has 3 rings (SSSR count). The van der Waals surface area contributed by atoms with Gasteiger partial charge in [-0.15, -0.1) is 0 Å². The topological polar surface area (TPSA) is 73.0 Å². The molecule has 1 atom stereocenters. The highest BCUT2D eigenvalue weighted by atomic mass is 79.9. The van der Waals surface area contributed by atoms with Crippen LogP contribution in [0.1, 0.15) is 37.2 Å². The van der Waals surface area contributed by atoms with Gasteiger partial charge in [0.25, 0.3) is 0 Å². The van der Waals surface area contributed by atoms with E-state index < -0.39 is 6.10 Å². The molecule has 1 aliphatic rings. The first kappa shape index (κ1) is 20.9. The number of aliphatic hydroxyl groups excluding tert-OH is 1. The molecule has 1 aromatic heterocycles. The van der Waals surface area contributed by atoms with Crippen LogP contribution in [0.3, 0.4) is 0 Å². The van der Waals surface area contributed by atoms with E-state index in [0.717, 1.165) is 49.5 Å². The van der Waals surface area contributed by atoms with Crippen molar-refractivity contribution in [3.8, 4) is 0 Å². The van der Waals surface area contributed by atoms with Crippen molar-refractivity contribution in [2.45, 2.75) is 38.5 Å². The zero-order valence-corrected chi connectivity index (χ0v) is 17.9. The fourth-order valence-electron chi connectivity index (χ4n) is 3.35. The molecular weight excluding hydrogens is 420 g/mol. The minimum Gasteiger partial charge on any atom is -0.467 e. The summed E-state index contributed by atoms with van der Waals surface area (Å²) in [5, 5.41) is 16.9. The van der Waals surface area contributed by atoms with E-state index in [9.17, 15) is 5.11 Å². The third-order valence-electron chi connectivity index (χ3n) is 4.89. The van der Waals surface area contributed by atoms with Crippen LogP contribution in [0, 0.1) is 0 Å². The number of guanidine groups is 1. The summed E-state index contributed by atoms with van der Waals surface area (Å²) in [6.07, 6.45) is 2.98. The van der Waals surface area contributed by atoms with Crippen LogP contribution in [0.15, 0.2) is 56.5 Å². The lowest BCUT2D eigenvalue weighted by Crippen LogP contribution is -2.48. The van der Waals surface area contributed by atoms with Crippen LogP contribution in [0.5, 0.6) is 0 Å². The standard InChI is InChI=1S/C21H29BrN4O2/c1-2-23-21(24-14-19(27)20-4-3-13-28-20)25-18-9-11-26(12-10-18)15-16-5-7-17(22)8-6-16/h3-8,13,18-19,27H,2,9-12,14-15H2,1H3,(H2,23,24,25). The number of hydrogen-bond acceptors (Lipinski definition) is 4.